The van der Waals surface area contributed by atoms with E-state index in [9.17, 15) is 4.79 Å². The Balaban J connectivity index is 2.04. The zero-order valence-electron chi connectivity index (χ0n) is 11.5. The molecule has 0 spiro atoms. The van der Waals surface area contributed by atoms with E-state index in [1.165, 1.54) is 24.6 Å². The summed E-state index contributed by atoms with van der Waals surface area (Å²) in [4.78, 5) is 16.0. The molecule has 1 N–H and O–H groups in total. The van der Waals surface area contributed by atoms with Gasteiger partial charge in [-0.25, -0.2) is 9.78 Å². The number of benzene rings is 1. The molecular weight excluding hydrogens is 276 g/mol. The van der Waals surface area contributed by atoms with Crippen molar-refractivity contribution in [3.63, 3.8) is 0 Å². The van der Waals surface area contributed by atoms with Crippen LogP contribution >= 0.6 is 11.3 Å². The predicted molar refractivity (Wildman–Crippen MR) is 78.5 cm³/mol. The van der Waals surface area contributed by atoms with E-state index < -0.39 is 0 Å². The second-order valence-corrected chi connectivity index (χ2v) is 5.19. The maximum Gasteiger partial charge on any atom is 0.349 e. The van der Waals surface area contributed by atoms with E-state index >= 15 is 0 Å². The Bertz CT molecular complexity index is 580. The van der Waals surface area contributed by atoms with Crippen LogP contribution in [-0.4, -0.2) is 25.2 Å². The minimum atomic E-state index is -0.368. The minimum Gasteiger partial charge on any atom is -0.497 e. The maximum atomic E-state index is 11.4. The standard InChI is InChI=1S/C14H16N2O3S/c1-9(10-4-6-11(18-2)7-5-10)16-14-15-8-12(20-14)13(17)19-3/h4-9H,1-3H3,(H,15,16). The number of nitrogens with one attached hydrogen (secondary N) is 1. The van der Waals surface area contributed by atoms with Crippen LogP contribution < -0.4 is 10.1 Å². The molecule has 0 radical (unpaired) electrons. The van der Waals surface area contributed by atoms with Gasteiger partial charge in [-0.3, -0.25) is 0 Å². The molecule has 20 heavy (non-hydrogen) atoms. The molecule has 0 saturated heterocycles. The SMILES string of the molecule is COC(=O)c1cnc(NC(C)c2ccc(OC)cc2)s1. The molecule has 6 heteroatoms. The number of carbonyl (C=O) groups is 1. The summed E-state index contributed by atoms with van der Waals surface area (Å²) in [6.07, 6.45) is 1.51. The van der Waals surface area contributed by atoms with Crippen molar-refractivity contribution in [3.8, 4) is 5.75 Å². The molecule has 1 aromatic carbocycles. The number of thiazole rings is 1. The fourth-order valence-electron chi connectivity index (χ4n) is 1.70. The first-order valence-corrected chi connectivity index (χ1v) is 6.90. The van der Waals surface area contributed by atoms with E-state index in [-0.39, 0.29) is 12.0 Å². The van der Waals surface area contributed by atoms with Gasteiger partial charge < -0.3 is 14.8 Å². The molecule has 0 amide bonds. The zero-order chi connectivity index (χ0) is 14.5. The Hall–Kier alpha value is -2.08. The van der Waals surface area contributed by atoms with E-state index in [0.717, 1.165) is 11.3 Å². The molecule has 0 fully saturated rings. The number of ether oxygens (including phenoxy) is 2. The molecule has 1 unspecified atom stereocenters. The van der Waals surface area contributed by atoms with Crippen molar-refractivity contribution >= 4 is 22.4 Å². The second-order valence-electron chi connectivity index (χ2n) is 4.16. The summed E-state index contributed by atoms with van der Waals surface area (Å²) in [5.74, 6) is 0.454. The van der Waals surface area contributed by atoms with Gasteiger partial charge >= 0.3 is 5.97 Å². The van der Waals surface area contributed by atoms with Gasteiger partial charge in [0, 0.05) is 0 Å². The average Bonchev–Trinajstić information content (AvgIpc) is 2.95. The summed E-state index contributed by atoms with van der Waals surface area (Å²) in [6, 6.07) is 7.89. The zero-order valence-corrected chi connectivity index (χ0v) is 12.4. The highest BCUT2D eigenvalue weighted by Gasteiger charge is 2.12. The quantitative estimate of drug-likeness (QED) is 0.858. The lowest BCUT2D eigenvalue weighted by Gasteiger charge is -2.13. The van der Waals surface area contributed by atoms with Crippen LogP contribution in [0.5, 0.6) is 5.75 Å². The topological polar surface area (TPSA) is 60.5 Å². The summed E-state index contributed by atoms with van der Waals surface area (Å²) in [7, 11) is 3.00. The smallest absolute Gasteiger partial charge is 0.349 e. The van der Waals surface area contributed by atoms with Crippen LogP contribution in [0.25, 0.3) is 0 Å². The number of hydrogen-bond acceptors (Lipinski definition) is 6. The molecule has 0 aliphatic heterocycles. The monoisotopic (exact) mass is 292 g/mol. The first-order chi connectivity index (χ1) is 9.63. The van der Waals surface area contributed by atoms with Crippen LogP contribution in [0, 0.1) is 0 Å². The van der Waals surface area contributed by atoms with Crippen LogP contribution in [0.15, 0.2) is 30.5 Å². The summed E-state index contributed by atoms with van der Waals surface area (Å²) in [6.45, 7) is 2.03. The van der Waals surface area contributed by atoms with E-state index in [1.54, 1.807) is 7.11 Å². The predicted octanol–water partition coefficient (Wildman–Crippen LogP) is 3.11. The Labute approximate surface area is 121 Å². The molecule has 106 valence electrons. The number of anilines is 1. The largest absolute Gasteiger partial charge is 0.497 e. The highest BCUT2D eigenvalue weighted by molar-refractivity contribution is 7.17. The molecule has 5 nitrogen and oxygen atoms in total. The molecule has 0 aliphatic carbocycles. The molecule has 1 atom stereocenters. The summed E-state index contributed by atoms with van der Waals surface area (Å²) >= 11 is 1.27. The third kappa shape index (κ3) is 3.27. The van der Waals surface area contributed by atoms with Crippen LogP contribution in [0.4, 0.5) is 5.13 Å². The highest BCUT2D eigenvalue weighted by Crippen LogP contribution is 2.25. The minimum absolute atomic E-state index is 0.0811. The van der Waals surface area contributed by atoms with Crippen LogP contribution in [0.3, 0.4) is 0 Å². The summed E-state index contributed by atoms with van der Waals surface area (Å²) in [5.41, 5.74) is 1.11. The van der Waals surface area contributed by atoms with Gasteiger partial charge in [0.2, 0.25) is 0 Å². The fourth-order valence-corrected chi connectivity index (χ4v) is 2.52. The normalized spacial score (nSPS) is 11.8. The van der Waals surface area contributed by atoms with Crippen LogP contribution in [-0.2, 0) is 4.74 Å². The Morgan fingerprint density at radius 1 is 1.30 bits per heavy atom. The van der Waals surface area contributed by atoms with E-state index in [1.807, 2.05) is 31.2 Å². The lowest BCUT2D eigenvalue weighted by Crippen LogP contribution is -2.06. The third-order valence-electron chi connectivity index (χ3n) is 2.85. The van der Waals surface area contributed by atoms with Crippen molar-refractivity contribution < 1.29 is 14.3 Å². The van der Waals surface area contributed by atoms with Crippen molar-refractivity contribution in [2.45, 2.75) is 13.0 Å². The van der Waals surface area contributed by atoms with Gasteiger partial charge in [-0.1, -0.05) is 23.5 Å². The van der Waals surface area contributed by atoms with Crippen LogP contribution in [0.2, 0.25) is 0 Å². The van der Waals surface area contributed by atoms with Crippen molar-refractivity contribution in [2.24, 2.45) is 0 Å². The lowest BCUT2D eigenvalue weighted by molar-refractivity contribution is 0.0606. The molecule has 1 heterocycles. The summed E-state index contributed by atoms with van der Waals surface area (Å²) < 4.78 is 9.78. The number of carbonyl (C=O) groups excluding carboxylic acids is 1. The average molecular weight is 292 g/mol. The Morgan fingerprint density at radius 3 is 2.60 bits per heavy atom. The third-order valence-corrected chi connectivity index (χ3v) is 3.76. The van der Waals surface area contributed by atoms with Gasteiger partial charge in [-0.2, -0.15) is 0 Å². The molecule has 2 rings (SSSR count). The Morgan fingerprint density at radius 2 is 2.00 bits per heavy atom. The Kier molecular flexibility index (Phi) is 4.57. The van der Waals surface area contributed by atoms with Crippen molar-refractivity contribution in [2.75, 3.05) is 19.5 Å². The van der Waals surface area contributed by atoms with Crippen molar-refractivity contribution in [1.82, 2.24) is 4.98 Å². The van der Waals surface area contributed by atoms with Crippen LogP contribution in [0.1, 0.15) is 28.2 Å². The van der Waals surface area contributed by atoms with Gasteiger partial charge in [0.05, 0.1) is 26.5 Å². The molecule has 1 aromatic heterocycles. The molecule has 2 aromatic rings. The molecule has 0 aliphatic rings. The molecule has 0 saturated carbocycles. The molecule has 0 bridgehead atoms. The number of hydrogen-bond donors (Lipinski definition) is 1. The van der Waals surface area contributed by atoms with Crippen molar-refractivity contribution in [1.29, 1.82) is 0 Å². The number of rotatable bonds is 5. The van der Waals surface area contributed by atoms with E-state index in [0.29, 0.717) is 10.0 Å². The van der Waals surface area contributed by atoms with Crippen molar-refractivity contribution in [3.05, 3.63) is 40.9 Å². The van der Waals surface area contributed by atoms with Gasteiger partial charge in [0.25, 0.3) is 0 Å². The van der Waals surface area contributed by atoms with Gasteiger partial charge in [0.1, 0.15) is 10.6 Å². The van der Waals surface area contributed by atoms with E-state index in [4.69, 9.17) is 4.74 Å². The number of nitrogens with zero attached hydrogens (tertiary/aromatic N) is 1. The first-order valence-electron chi connectivity index (χ1n) is 6.08. The number of esters is 1. The second kappa shape index (κ2) is 6.38. The summed E-state index contributed by atoms with van der Waals surface area (Å²) in [5, 5.41) is 3.94. The van der Waals surface area contributed by atoms with Gasteiger partial charge in [-0.05, 0) is 24.6 Å². The number of aromatic nitrogens is 1. The number of methoxy groups -OCH3 is 2. The fraction of sp³-hybridized carbons (Fsp3) is 0.286. The van der Waals surface area contributed by atoms with Gasteiger partial charge in [-0.15, -0.1) is 0 Å². The van der Waals surface area contributed by atoms with E-state index in [2.05, 4.69) is 15.0 Å². The maximum absolute atomic E-state index is 11.4. The highest BCUT2D eigenvalue weighted by atomic mass is 32.1. The lowest BCUT2D eigenvalue weighted by atomic mass is 10.1. The first kappa shape index (κ1) is 14.3. The molecular formula is C14H16N2O3S. The van der Waals surface area contributed by atoms with Gasteiger partial charge in [0.15, 0.2) is 5.13 Å².